The number of nitrogens with two attached hydrogens (primary N) is 1. The van der Waals surface area contributed by atoms with E-state index in [1.165, 1.54) is 0 Å². The van der Waals surface area contributed by atoms with Crippen LogP contribution >= 0.6 is 0 Å². The number of hydrogen-bond acceptors (Lipinski definition) is 6. The first-order valence-corrected chi connectivity index (χ1v) is 10.9. The van der Waals surface area contributed by atoms with Crippen LogP contribution in [0, 0.1) is 11.6 Å². The number of fused-ring (bicyclic) bond motifs is 1. The summed E-state index contributed by atoms with van der Waals surface area (Å²) in [6.07, 6.45) is 2.11. The molecule has 0 spiro atoms. The number of nitrogens with zero attached hydrogens (tertiary/aromatic N) is 2. The summed E-state index contributed by atoms with van der Waals surface area (Å²) in [7, 11) is 0. The average Bonchev–Trinajstić information content (AvgIpc) is 2.86. The van der Waals surface area contributed by atoms with E-state index in [-0.39, 0.29) is 13.1 Å². The van der Waals surface area contributed by atoms with Crippen molar-refractivity contribution in [3.05, 3.63) is 87.8 Å². The summed E-state index contributed by atoms with van der Waals surface area (Å²) in [6, 6.07) is 12.9. The van der Waals surface area contributed by atoms with E-state index in [2.05, 4.69) is 15.6 Å². The number of aromatic carboxylic acids is 1. The minimum Gasteiger partial charge on any atom is -0.477 e. The highest BCUT2D eigenvalue weighted by molar-refractivity contribution is 5.99. The highest BCUT2D eigenvalue weighted by Crippen LogP contribution is 2.35. The van der Waals surface area contributed by atoms with E-state index in [0.717, 1.165) is 10.6 Å². The van der Waals surface area contributed by atoms with E-state index in [0.29, 0.717) is 23.5 Å². The molecule has 5 N–H and O–H groups in total. The van der Waals surface area contributed by atoms with Crippen LogP contribution in [0.25, 0.3) is 16.6 Å². The zero-order valence-electron chi connectivity index (χ0n) is 18.8. The fraction of sp³-hybridized carbons (Fsp3) is 0.160. The normalized spacial score (nSPS) is 10.9. The highest BCUT2D eigenvalue weighted by Gasteiger charge is 2.26. The fourth-order valence-electron chi connectivity index (χ4n) is 3.97. The van der Waals surface area contributed by atoms with Crippen molar-refractivity contribution in [3.8, 4) is 5.69 Å². The zero-order chi connectivity index (χ0) is 25.1. The van der Waals surface area contributed by atoms with Crippen molar-refractivity contribution in [1.29, 1.82) is 0 Å². The van der Waals surface area contributed by atoms with Crippen molar-refractivity contribution in [2.75, 3.05) is 29.5 Å². The van der Waals surface area contributed by atoms with Crippen LogP contribution in [0.3, 0.4) is 0 Å². The zero-order valence-corrected chi connectivity index (χ0v) is 18.8. The predicted molar refractivity (Wildman–Crippen MR) is 131 cm³/mol. The summed E-state index contributed by atoms with van der Waals surface area (Å²) in [5.41, 5.74) is 4.14. The van der Waals surface area contributed by atoms with E-state index in [1.54, 1.807) is 48.7 Å². The fourth-order valence-corrected chi connectivity index (χ4v) is 3.97. The highest BCUT2D eigenvalue weighted by atomic mass is 19.1. The number of para-hydroxylation sites is 1. The van der Waals surface area contributed by atoms with Gasteiger partial charge in [0.25, 0.3) is 0 Å². The third-order valence-corrected chi connectivity index (χ3v) is 5.60. The molecule has 0 unspecified atom stereocenters. The van der Waals surface area contributed by atoms with Gasteiger partial charge in [0.15, 0.2) is 17.1 Å². The summed E-state index contributed by atoms with van der Waals surface area (Å²) in [5.74, 6) is -3.09. The molecule has 0 radical (unpaired) electrons. The predicted octanol–water partition coefficient (Wildman–Crippen LogP) is 4.03. The number of anilines is 3. The van der Waals surface area contributed by atoms with Crippen LogP contribution in [0.1, 0.15) is 23.0 Å². The Kier molecular flexibility index (Phi) is 6.63. The van der Waals surface area contributed by atoms with Crippen molar-refractivity contribution in [2.24, 2.45) is 0 Å². The lowest BCUT2D eigenvalue weighted by Crippen LogP contribution is -2.22. The quantitative estimate of drug-likeness (QED) is 0.222. The number of rotatable bonds is 8. The number of aryl methyl sites for hydroxylation is 1. The molecule has 8 nitrogen and oxygen atoms in total. The first-order chi connectivity index (χ1) is 16.8. The molecule has 2 aromatic heterocycles. The Balaban J connectivity index is 1.89. The monoisotopic (exact) mass is 479 g/mol. The minimum atomic E-state index is -1.44. The molecule has 2 heterocycles. The van der Waals surface area contributed by atoms with Gasteiger partial charge in [-0.3, -0.25) is 4.79 Å². The molecule has 10 heteroatoms. The van der Waals surface area contributed by atoms with E-state index in [9.17, 15) is 14.7 Å². The topological polar surface area (TPSA) is 122 Å². The van der Waals surface area contributed by atoms with Gasteiger partial charge in [-0.25, -0.2) is 18.6 Å². The van der Waals surface area contributed by atoms with Gasteiger partial charge in [-0.2, -0.15) is 0 Å². The molecule has 180 valence electrons. The lowest BCUT2D eigenvalue weighted by molar-refractivity contribution is 0.0687. The standard InChI is InChI=1S/C25H23F2N5O3/c1-2-14-7-3-4-8-15(14)32-16(25(34)35)13-17(33)19-22(28)20(26)23(21(27)24(19)32)31-12-11-30-18-9-5-6-10-29-18/h3-10,13,31H,2,11-12,28H2,1H3,(H,29,30)(H,34,35). The maximum atomic E-state index is 15.9. The number of pyridine rings is 2. The Morgan fingerprint density at radius 3 is 2.49 bits per heavy atom. The van der Waals surface area contributed by atoms with Gasteiger partial charge in [-0.05, 0) is 30.2 Å². The minimum absolute atomic E-state index is 0.0871. The molecular weight excluding hydrogens is 456 g/mol. The number of carboxylic acid groups (broad SMARTS) is 1. The molecule has 35 heavy (non-hydrogen) atoms. The number of halogens is 2. The SMILES string of the molecule is CCc1ccccc1-n1c(C(=O)O)cc(=O)c2c(N)c(F)c(NCCNc3ccccn3)c(F)c21. The van der Waals surface area contributed by atoms with Crippen molar-refractivity contribution < 1.29 is 18.7 Å². The molecule has 4 aromatic rings. The van der Waals surface area contributed by atoms with Crippen molar-refractivity contribution in [2.45, 2.75) is 13.3 Å². The number of benzene rings is 2. The van der Waals surface area contributed by atoms with E-state index in [4.69, 9.17) is 5.73 Å². The molecule has 0 bridgehead atoms. The molecular formula is C25H23F2N5O3. The Labute approximate surface area is 199 Å². The number of aromatic nitrogens is 2. The van der Waals surface area contributed by atoms with E-state index < -0.39 is 51.0 Å². The van der Waals surface area contributed by atoms with Crippen LogP contribution in [-0.4, -0.2) is 33.7 Å². The third kappa shape index (κ3) is 4.37. The van der Waals surface area contributed by atoms with Gasteiger partial charge in [0, 0.05) is 31.0 Å². The Morgan fingerprint density at radius 2 is 1.80 bits per heavy atom. The molecule has 0 aliphatic carbocycles. The van der Waals surface area contributed by atoms with Gasteiger partial charge in [0.05, 0.1) is 16.6 Å². The Morgan fingerprint density at radius 1 is 1.09 bits per heavy atom. The first-order valence-electron chi connectivity index (χ1n) is 10.9. The van der Waals surface area contributed by atoms with Gasteiger partial charge >= 0.3 is 5.97 Å². The summed E-state index contributed by atoms with van der Waals surface area (Å²) in [6.45, 7) is 2.22. The summed E-state index contributed by atoms with van der Waals surface area (Å²) < 4.78 is 32.2. The molecule has 0 amide bonds. The molecule has 0 aliphatic heterocycles. The van der Waals surface area contributed by atoms with Gasteiger partial charge in [0.1, 0.15) is 17.2 Å². The van der Waals surface area contributed by atoms with E-state index in [1.807, 2.05) is 6.92 Å². The average molecular weight is 479 g/mol. The molecule has 2 aromatic carbocycles. The Hall–Kier alpha value is -4.47. The van der Waals surface area contributed by atoms with Crippen LogP contribution in [0.5, 0.6) is 0 Å². The second-order valence-corrected chi connectivity index (χ2v) is 7.73. The van der Waals surface area contributed by atoms with Gasteiger partial charge in [0.2, 0.25) is 0 Å². The maximum Gasteiger partial charge on any atom is 0.353 e. The van der Waals surface area contributed by atoms with Crippen LogP contribution in [0.15, 0.2) is 59.5 Å². The summed E-state index contributed by atoms with van der Waals surface area (Å²) >= 11 is 0. The second-order valence-electron chi connectivity index (χ2n) is 7.73. The van der Waals surface area contributed by atoms with Gasteiger partial charge < -0.3 is 26.0 Å². The first kappa shape index (κ1) is 23.7. The van der Waals surface area contributed by atoms with Gasteiger partial charge in [-0.1, -0.05) is 31.2 Å². The summed E-state index contributed by atoms with van der Waals surface area (Å²) in [5, 5.41) is 15.1. The largest absolute Gasteiger partial charge is 0.477 e. The Bertz CT molecular complexity index is 1470. The number of hydrogen-bond donors (Lipinski definition) is 4. The molecule has 0 saturated heterocycles. The van der Waals surface area contributed by atoms with Crippen LogP contribution in [-0.2, 0) is 6.42 Å². The molecule has 0 saturated carbocycles. The maximum absolute atomic E-state index is 15.9. The van der Waals surface area contributed by atoms with Gasteiger partial charge in [-0.15, -0.1) is 0 Å². The van der Waals surface area contributed by atoms with Crippen molar-refractivity contribution in [1.82, 2.24) is 9.55 Å². The van der Waals surface area contributed by atoms with Crippen molar-refractivity contribution in [3.63, 3.8) is 0 Å². The third-order valence-electron chi connectivity index (χ3n) is 5.60. The molecule has 0 fully saturated rings. The summed E-state index contributed by atoms with van der Waals surface area (Å²) in [4.78, 5) is 28.9. The van der Waals surface area contributed by atoms with Crippen LogP contribution in [0.4, 0.5) is 26.0 Å². The van der Waals surface area contributed by atoms with Crippen LogP contribution in [0.2, 0.25) is 0 Å². The number of carbonyl (C=O) groups is 1. The number of nitrogens with one attached hydrogen (secondary N) is 2. The molecule has 0 aliphatic rings. The van der Waals surface area contributed by atoms with Crippen LogP contribution < -0.4 is 21.8 Å². The lowest BCUT2D eigenvalue weighted by Gasteiger charge is -2.21. The number of carboxylic acids is 1. The molecule has 0 atom stereocenters. The van der Waals surface area contributed by atoms with Crippen molar-refractivity contribution >= 4 is 34.1 Å². The number of nitrogen functional groups attached to an aromatic ring is 1. The molecule has 4 rings (SSSR count). The second kappa shape index (κ2) is 9.80. The van der Waals surface area contributed by atoms with E-state index >= 15 is 8.78 Å². The lowest BCUT2D eigenvalue weighted by atomic mass is 10.1. The smallest absolute Gasteiger partial charge is 0.353 e.